The fourth-order valence-electron chi connectivity index (χ4n) is 1.93. The molecule has 0 saturated carbocycles. The normalized spacial score (nSPS) is 12.1. The van der Waals surface area contributed by atoms with Crippen molar-refractivity contribution >= 4 is 29.0 Å². The summed E-state index contributed by atoms with van der Waals surface area (Å²) in [4.78, 5) is 12.4. The fourth-order valence-corrected chi connectivity index (χ4v) is 2.35. The molecule has 0 bridgehead atoms. The summed E-state index contributed by atoms with van der Waals surface area (Å²) in [5, 5.41) is 3.85. The molecule has 2 rings (SSSR count). The van der Waals surface area contributed by atoms with E-state index in [1.165, 1.54) is 6.20 Å². The molecule has 0 unspecified atom stereocenters. The molecule has 0 radical (unpaired) electrons. The third-order valence-corrected chi connectivity index (χ3v) is 3.60. The van der Waals surface area contributed by atoms with Crippen LogP contribution in [0.1, 0.15) is 25.4 Å². The summed E-state index contributed by atoms with van der Waals surface area (Å²) < 4.78 is 19.0. The van der Waals surface area contributed by atoms with Gasteiger partial charge in [0.15, 0.2) is 5.82 Å². The summed E-state index contributed by atoms with van der Waals surface area (Å²) in [6, 6.07) is 0.989. The maximum atomic E-state index is 13.6. The molecule has 2 aromatic rings. The number of anilines is 1. The van der Waals surface area contributed by atoms with Crippen molar-refractivity contribution in [1.29, 1.82) is 0 Å². The summed E-state index contributed by atoms with van der Waals surface area (Å²) in [7, 11) is 0. The minimum atomic E-state index is -0.603. The van der Waals surface area contributed by atoms with Crippen LogP contribution < -0.4 is 10.1 Å². The Morgan fingerprint density at radius 1 is 1.35 bits per heavy atom. The van der Waals surface area contributed by atoms with Crippen LogP contribution in [-0.4, -0.2) is 27.6 Å². The zero-order valence-corrected chi connectivity index (χ0v) is 14.5. The van der Waals surface area contributed by atoms with Gasteiger partial charge in [-0.1, -0.05) is 30.1 Å². The van der Waals surface area contributed by atoms with E-state index < -0.39 is 5.82 Å². The molecule has 0 amide bonds. The van der Waals surface area contributed by atoms with E-state index in [0.717, 1.165) is 11.8 Å². The Labute approximate surface area is 144 Å². The molecule has 0 spiro atoms. The zero-order chi connectivity index (χ0) is 17.0. The molecule has 1 N–H and O–H groups in total. The highest BCUT2D eigenvalue weighted by Gasteiger charge is 2.14. The van der Waals surface area contributed by atoms with Crippen LogP contribution in [0.5, 0.6) is 5.88 Å². The van der Waals surface area contributed by atoms with Gasteiger partial charge >= 0.3 is 0 Å². The van der Waals surface area contributed by atoms with Crippen LogP contribution in [0.4, 0.5) is 10.2 Å². The molecule has 2 aromatic heterocycles. The summed E-state index contributed by atoms with van der Waals surface area (Å²) in [6.07, 6.45) is 2.04. The Morgan fingerprint density at radius 3 is 2.74 bits per heavy atom. The van der Waals surface area contributed by atoms with Gasteiger partial charge in [-0.25, -0.2) is 19.3 Å². The van der Waals surface area contributed by atoms with Gasteiger partial charge in [-0.05, 0) is 26.3 Å². The van der Waals surface area contributed by atoms with Crippen molar-refractivity contribution in [2.45, 2.75) is 33.2 Å². The average molecular weight is 359 g/mol. The van der Waals surface area contributed by atoms with E-state index in [2.05, 4.69) is 20.3 Å². The minimum Gasteiger partial charge on any atom is -0.473 e. The Hall–Kier alpha value is -1.66. The van der Waals surface area contributed by atoms with E-state index >= 15 is 0 Å². The maximum absolute atomic E-state index is 13.6. The first-order valence-electron chi connectivity index (χ1n) is 7.14. The van der Waals surface area contributed by atoms with Crippen molar-refractivity contribution in [2.24, 2.45) is 0 Å². The van der Waals surface area contributed by atoms with Gasteiger partial charge in [-0.2, -0.15) is 0 Å². The minimum absolute atomic E-state index is 0.0951. The van der Waals surface area contributed by atoms with E-state index in [1.54, 1.807) is 6.92 Å². The van der Waals surface area contributed by atoms with Gasteiger partial charge in [0.1, 0.15) is 23.3 Å². The van der Waals surface area contributed by atoms with Gasteiger partial charge in [0.2, 0.25) is 0 Å². The first-order valence-corrected chi connectivity index (χ1v) is 7.89. The van der Waals surface area contributed by atoms with Crippen LogP contribution in [0.3, 0.4) is 0 Å². The van der Waals surface area contributed by atoms with Gasteiger partial charge in [0.25, 0.3) is 5.88 Å². The van der Waals surface area contributed by atoms with Crippen molar-refractivity contribution in [3.05, 3.63) is 39.6 Å². The molecular weight excluding hydrogens is 342 g/mol. The fraction of sp³-hybridized carbons (Fsp3) is 0.400. The number of nitrogens with zero attached hydrogens (tertiary/aromatic N) is 3. The highest BCUT2D eigenvalue weighted by molar-refractivity contribution is 6.33. The van der Waals surface area contributed by atoms with Crippen molar-refractivity contribution in [1.82, 2.24) is 15.0 Å². The number of rotatable bonds is 6. The summed E-state index contributed by atoms with van der Waals surface area (Å²) in [5.41, 5.74) is 0.778. The lowest BCUT2D eigenvalue weighted by Gasteiger charge is -2.17. The predicted molar refractivity (Wildman–Crippen MR) is 88.9 cm³/mol. The topological polar surface area (TPSA) is 59.9 Å². The molecule has 23 heavy (non-hydrogen) atoms. The van der Waals surface area contributed by atoms with Gasteiger partial charge in [-0.3, -0.25) is 0 Å². The van der Waals surface area contributed by atoms with E-state index in [4.69, 9.17) is 27.9 Å². The number of nitrogens with one attached hydrogen (secondary N) is 1. The van der Waals surface area contributed by atoms with Crippen LogP contribution in [0.15, 0.2) is 12.3 Å². The van der Waals surface area contributed by atoms with E-state index in [1.807, 2.05) is 13.8 Å². The van der Waals surface area contributed by atoms with Crippen LogP contribution >= 0.6 is 23.2 Å². The SMILES string of the molecule is CCc1nc(C)nc(N[C@@H](C)COc2ncc(Cl)cc2F)c1Cl. The van der Waals surface area contributed by atoms with Gasteiger partial charge < -0.3 is 10.1 Å². The first-order chi connectivity index (χ1) is 10.9. The molecular formula is C15H17Cl2FN4O. The summed E-state index contributed by atoms with van der Waals surface area (Å²) in [6.45, 7) is 5.83. The lowest BCUT2D eigenvalue weighted by atomic mass is 10.3. The molecule has 8 heteroatoms. The molecule has 2 heterocycles. The zero-order valence-electron chi connectivity index (χ0n) is 13.0. The number of ether oxygens (including phenoxy) is 1. The average Bonchev–Trinajstić information content (AvgIpc) is 2.49. The summed E-state index contributed by atoms with van der Waals surface area (Å²) in [5.74, 6) is 0.472. The van der Waals surface area contributed by atoms with Crippen LogP contribution in [-0.2, 0) is 6.42 Å². The number of aryl methyl sites for hydroxylation is 2. The molecule has 0 fully saturated rings. The van der Waals surface area contributed by atoms with Crippen molar-refractivity contribution in [2.75, 3.05) is 11.9 Å². The Balaban J connectivity index is 2.02. The van der Waals surface area contributed by atoms with Crippen LogP contribution in [0.25, 0.3) is 0 Å². The number of halogens is 3. The van der Waals surface area contributed by atoms with Crippen LogP contribution in [0, 0.1) is 12.7 Å². The Morgan fingerprint density at radius 2 is 2.09 bits per heavy atom. The van der Waals surface area contributed by atoms with E-state index in [-0.39, 0.29) is 23.6 Å². The maximum Gasteiger partial charge on any atom is 0.250 e. The molecule has 124 valence electrons. The number of hydrogen-bond donors (Lipinski definition) is 1. The molecule has 5 nitrogen and oxygen atoms in total. The van der Waals surface area contributed by atoms with Crippen molar-refractivity contribution < 1.29 is 9.13 Å². The predicted octanol–water partition coefficient (Wildman–Crippen LogP) is 4.07. The molecule has 0 aliphatic heterocycles. The van der Waals surface area contributed by atoms with Gasteiger partial charge in [0.05, 0.1) is 16.8 Å². The van der Waals surface area contributed by atoms with Crippen molar-refractivity contribution in [3.63, 3.8) is 0 Å². The van der Waals surface area contributed by atoms with E-state index in [9.17, 15) is 4.39 Å². The molecule has 0 aromatic carbocycles. The second-order valence-corrected chi connectivity index (χ2v) is 5.84. The first kappa shape index (κ1) is 17.7. The Kier molecular flexibility index (Phi) is 5.96. The Bertz CT molecular complexity index is 699. The number of aromatic nitrogens is 3. The molecule has 0 aliphatic carbocycles. The smallest absolute Gasteiger partial charge is 0.250 e. The number of hydrogen-bond acceptors (Lipinski definition) is 5. The van der Waals surface area contributed by atoms with Crippen LogP contribution in [0.2, 0.25) is 10.0 Å². The highest BCUT2D eigenvalue weighted by atomic mass is 35.5. The standard InChI is InChI=1S/C15H17Cl2FN4O/c1-4-12-13(17)14(22-9(3)21-12)20-8(2)7-23-15-11(18)5-10(16)6-19-15/h5-6,8H,4,7H2,1-3H3,(H,20,21,22)/t8-/m0/s1. The lowest BCUT2D eigenvalue weighted by molar-refractivity contribution is 0.277. The van der Waals surface area contributed by atoms with Gasteiger partial charge in [-0.15, -0.1) is 0 Å². The number of pyridine rings is 1. The quantitative estimate of drug-likeness (QED) is 0.843. The molecule has 1 atom stereocenters. The monoisotopic (exact) mass is 358 g/mol. The highest BCUT2D eigenvalue weighted by Crippen LogP contribution is 2.24. The van der Waals surface area contributed by atoms with Crippen molar-refractivity contribution in [3.8, 4) is 5.88 Å². The molecule has 0 saturated heterocycles. The second kappa shape index (κ2) is 7.75. The lowest BCUT2D eigenvalue weighted by Crippen LogP contribution is -2.25. The third kappa shape index (κ3) is 4.65. The van der Waals surface area contributed by atoms with Gasteiger partial charge in [0, 0.05) is 6.20 Å². The largest absolute Gasteiger partial charge is 0.473 e. The summed E-state index contributed by atoms with van der Waals surface area (Å²) >= 11 is 11.9. The van der Waals surface area contributed by atoms with E-state index in [0.29, 0.717) is 23.1 Å². The third-order valence-electron chi connectivity index (χ3n) is 2.99. The molecule has 0 aliphatic rings. The second-order valence-electron chi connectivity index (χ2n) is 5.03.